The van der Waals surface area contributed by atoms with E-state index in [9.17, 15) is 14.0 Å². The van der Waals surface area contributed by atoms with Crippen LogP contribution in [0.1, 0.15) is 40.2 Å². The van der Waals surface area contributed by atoms with E-state index in [2.05, 4.69) is 5.32 Å². The maximum absolute atomic E-state index is 13.6. The lowest BCUT2D eigenvalue weighted by atomic mass is 9.87. The normalized spacial score (nSPS) is 15.3. The molecule has 3 aromatic rings. The smallest absolute Gasteiger partial charge is 0.290 e. The Morgan fingerprint density at radius 2 is 2.00 bits per heavy atom. The molecular formula is C24H23FN2O4. The molecule has 1 aromatic heterocycles. The van der Waals surface area contributed by atoms with Crippen molar-refractivity contribution in [1.29, 1.82) is 0 Å². The van der Waals surface area contributed by atoms with Crippen LogP contribution in [0.25, 0.3) is 0 Å². The summed E-state index contributed by atoms with van der Waals surface area (Å²) in [5.74, 6) is -0.00474. The minimum Gasteiger partial charge on any atom is -0.484 e. The van der Waals surface area contributed by atoms with Crippen molar-refractivity contribution in [2.75, 3.05) is 19.7 Å². The number of fused-ring (bicyclic) bond motifs is 1. The van der Waals surface area contributed by atoms with Crippen LogP contribution in [0.2, 0.25) is 0 Å². The first-order valence-electron chi connectivity index (χ1n) is 10.2. The predicted octanol–water partition coefficient (Wildman–Crippen LogP) is 3.72. The summed E-state index contributed by atoms with van der Waals surface area (Å²) >= 11 is 0. The van der Waals surface area contributed by atoms with Crippen molar-refractivity contribution < 1.29 is 23.1 Å². The zero-order valence-corrected chi connectivity index (χ0v) is 17.1. The molecule has 1 unspecified atom stereocenters. The molecule has 160 valence electrons. The van der Waals surface area contributed by atoms with Crippen LogP contribution in [-0.4, -0.2) is 36.4 Å². The fourth-order valence-electron chi connectivity index (χ4n) is 3.85. The Kier molecular flexibility index (Phi) is 6.02. The second kappa shape index (κ2) is 9.04. The summed E-state index contributed by atoms with van der Waals surface area (Å²) in [7, 11) is 0. The lowest BCUT2D eigenvalue weighted by Crippen LogP contribution is -2.40. The van der Waals surface area contributed by atoms with Gasteiger partial charge in [-0.1, -0.05) is 18.2 Å². The number of ether oxygens (including phenoxy) is 1. The Balaban J connectivity index is 1.70. The van der Waals surface area contributed by atoms with Crippen LogP contribution in [0.5, 0.6) is 5.75 Å². The van der Waals surface area contributed by atoms with Gasteiger partial charge in [-0.2, -0.15) is 0 Å². The van der Waals surface area contributed by atoms with Gasteiger partial charge in [0.25, 0.3) is 11.8 Å². The number of amides is 2. The largest absolute Gasteiger partial charge is 0.484 e. The number of hydrogen-bond acceptors (Lipinski definition) is 4. The zero-order chi connectivity index (χ0) is 21.8. The molecule has 1 aliphatic rings. The lowest BCUT2D eigenvalue weighted by Gasteiger charge is -2.37. The summed E-state index contributed by atoms with van der Waals surface area (Å²) in [6, 6.07) is 14.6. The Morgan fingerprint density at radius 3 is 2.71 bits per heavy atom. The summed E-state index contributed by atoms with van der Waals surface area (Å²) in [6.07, 6.45) is 2.13. The summed E-state index contributed by atoms with van der Waals surface area (Å²) in [5.41, 5.74) is 2.73. The van der Waals surface area contributed by atoms with E-state index in [1.54, 1.807) is 29.2 Å². The Bertz CT molecular complexity index is 1060. The van der Waals surface area contributed by atoms with Crippen molar-refractivity contribution in [2.45, 2.75) is 19.4 Å². The SMILES string of the molecule is CCNC(=O)COc1ccc2c(c1)C(c1ccc(F)cc1)N(C(=O)c1ccco1)CC2. The van der Waals surface area contributed by atoms with Gasteiger partial charge in [0.05, 0.1) is 12.3 Å². The standard InChI is InChI=1S/C24H23FN2O4/c1-2-26-22(28)15-31-19-10-7-16-11-12-27(24(29)21-4-3-13-30-21)23(20(16)14-19)17-5-8-18(25)9-6-17/h3-10,13-14,23H,2,11-12,15H2,1H3,(H,26,28). The third kappa shape index (κ3) is 4.45. The van der Waals surface area contributed by atoms with Crippen molar-refractivity contribution in [3.63, 3.8) is 0 Å². The van der Waals surface area contributed by atoms with Crippen molar-refractivity contribution in [1.82, 2.24) is 10.2 Å². The molecule has 7 heteroatoms. The molecule has 2 heterocycles. The molecular weight excluding hydrogens is 399 g/mol. The molecule has 0 radical (unpaired) electrons. The number of nitrogens with one attached hydrogen (secondary N) is 1. The molecule has 1 atom stereocenters. The Morgan fingerprint density at radius 1 is 1.19 bits per heavy atom. The summed E-state index contributed by atoms with van der Waals surface area (Å²) in [5, 5.41) is 2.69. The van der Waals surface area contributed by atoms with Crippen molar-refractivity contribution >= 4 is 11.8 Å². The lowest BCUT2D eigenvalue weighted by molar-refractivity contribution is -0.122. The first-order valence-corrected chi connectivity index (χ1v) is 10.2. The summed E-state index contributed by atoms with van der Waals surface area (Å²) in [6.45, 7) is 2.77. The highest BCUT2D eigenvalue weighted by Crippen LogP contribution is 2.38. The number of carbonyl (C=O) groups excluding carboxylic acids is 2. The average molecular weight is 422 g/mol. The van der Waals surface area contributed by atoms with E-state index in [-0.39, 0.29) is 30.0 Å². The van der Waals surface area contributed by atoms with Crippen LogP contribution in [0, 0.1) is 5.82 Å². The minimum atomic E-state index is -0.435. The molecule has 0 aliphatic carbocycles. The van der Waals surface area contributed by atoms with Gasteiger partial charge in [0, 0.05) is 13.1 Å². The molecule has 0 bridgehead atoms. The molecule has 0 spiro atoms. The van der Waals surface area contributed by atoms with Crippen molar-refractivity contribution in [3.05, 3.63) is 89.1 Å². The van der Waals surface area contributed by atoms with Gasteiger partial charge in [0.2, 0.25) is 0 Å². The minimum absolute atomic E-state index is 0.0944. The number of carbonyl (C=O) groups is 2. The molecule has 2 aromatic carbocycles. The highest BCUT2D eigenvalue weighted by atomic mass is 19.1. The van der Waals surface area contributed by atoms with Gasteiger partial charge < -0.3 is 19.4 Å². The van der Waals surface area contributed by atoms with Gasteiger partial charge in [0.15, 0.2) is 12.4 Å². The van der Waals surface area contributed by atoms with Gasteiger partial charge in [-0.25, -0.2) is 4.39 Å². The molecule has 6 nitrogen and oxygen atoms in total. The predicted molar refractivity (Wildman–Crippen MR) is 112 cm³/mol. The topological polar surface area (TPSA) is 71.8 Å². The van der Waals surface area contributed by atoms with E-state index < -0.39 is 6.04 Å². The summed E-state index contributed by atoms with van der Waals surface area (Å²) < 4.78 is 24.6. The fraction of sp³-hybridized carbons (Fsp3) is 0.250. The molecule has 0 saturated carbocycles. The number of furan rings is 1. The van der Waals surface area contributed by atoms with Gasteiger partial charge in [-0.05, 0) is 66.4 Å². The van der Waals surface area contributed by atoms with Crippen molar-refractivity contribution in [3.8, 4) is 5.75 Å². The van der Waals surface area contributed by atoms with Crippen LogP contribution >= 0.6 is 0 Å². The first kappa shape index (κ1) is 20.7. The van der Waals surface area contributed by atoms with Crippen LogP contribution < -0.4 is 10.1 Å². The quantitative estimate of drug-likeness (QED) is 0.657. The van der Waals surface area contributed by atoms with E-state index in [1.807, 2.05) is 25.1 Å². The monoisotopic (exact) mass is 422 g/mol. The second-order valence-corrected chi connectivity index (χ2v) is 7.28. The van der Waals surface area contributed by atoms with E-state index in [4.69, 9.17) is 9.15 Å². The number of nitrogens with zero attached hydrogens (tertiary/aromatic N) is 1. The molecule has 31 heavy (non-hydrogen) atoms. The maximum atomic E-state index is 13.6. The Hall–Kier alpha value is -3.61. The van der Waals surface area contributed by atoms with Gasteiger partial charge in [-0.15, -0.1) is 0 Å². The van der Waals surface area contributed by atoms with Gasteiger partial charge in [0.1, 0.15) is 11.6 Å². The van der Waals surface area contributed by atoms with E-state index in [0.717, 1.165) is 16.7 Å². The molecule has 0 fully saturated rings. The first-order chi connectivity index (χ1) is 15.1. The Labute approximate surface area is 179 Å². The fourth-order valence-corrected chi connectivity index (χ4v) is 3.85. The van der Waals surface area contributed by atoms with E-state index >= 15 is 0 Å². The van der Waals surface area contributed by atoms with Crippen molar-refractivity contribution in [2.24, 2.45) is 0 Å². The van der Waals surface area contributed by atoms with Crippen LogP contribution in [0.4, 0.5) is 4.39 Å². The number of likely N-dealkylation sites (N-methyl/N-ethyl adjacent to an activating group) is 1. The molecule has 0 saturated heterocycles. The molecule has 1 N–H and O–H groups in total. The van der Waals surface area contributed by atoms with Gasteiger partial charge >= 0.3 is 0 Å². The van der Waals surface area contributed by atoms with E-state index in [1.165, 1.54) is 18.4 Å². The zero-order valence-electron chi connectivity index (χ0n) is 17.1. The number of rotatable bonds is 6. The van der Waals surface area contributed by atoms with E-state index in [0.29, 0.717) is 25.3 Å². The molecule has 4 rings (SSSR count). The maximum Gasteiger partial charge on any atom is 0.290 e. The highest BCUT2D eigenvalue weighted by Gasteiger charge is 2.34. The molecule has 2 amide bonds. The third-order valence-corrected chi connectivity index (χ3v) is 5.27. The van der Waals surface area contributed by atoms with Crippen LogP contribution in [0.15, 0.2) is 65.3 Å². The highest BCUT2D eigenvalue weighted by molar-refractivity contribution is 5.92. The van der Waals surface area contributed by atoms with Gasteiger partial charge in [-0.3, -0.25) is 9.59 Å². The number of benzene rings is 2. The summed E-state index contributed by atoms with van der Waals surface area (Å²) in [4.78, 5) is 26.7. The van der Waals surface area contributed by atoms with Crippen LogP contribution in [-0.2, 0) is 11.2 Å². The molecule has 1 aliphatic heterocycles. The second-order valence-electron chi connectivity index (χ2n) is 7.28. The third-order valence-electron chi connectivity index (χ3n) is 5.27. The number of hydrogen-bond donors (Lipinski definition) is 1. The van der Waals surface area contributed by atoms with Crippen LogP contribution in [0.3, 0.4) is 0 Å². The number of halogens is 1. The average Bonchev–Trinajstić information content (AvgIpc) is 3.32.